The van der Waals surface area contributed by atoms with Crippen molar-refractivity contribution in [3.63, 3.8) is 0 Å². The lowest BCUT2D eigenvalue weighted by molar-refractivity contribution is -0.146. The molecule has 6 nitrogen and oxygen atoms in total. The molecule has 1 heterocycles. The number of aliphatic carboxylic acids is 1. The molecule has 0 spiro atoms. The summed E-state index contributed by atoms with van der Waals surface area (Å²) in [6.45, 7) is 6.47. The Balaban J connectivity index is 3.18. The Labute approximate surface area is 144 Å². The lowest BCUT2D eigenvalue weighted by atomic mass is 9.96. The van der Waals surface area contributed by atoms with Crippen molar-refractivity contribution in [2.45, 2.75) is 65.7 Å². The lowest BCUT2D eigenvalue weighted by Crippen LogP contribution is -2.44. The molecule has 0 bridgehead atoms. The van der Waals surface area contributed by atoms with Gasteiger partial charge in [-0.3, -0.25) is 14.3 Å². The maximum atomic E-state index is 12.8. The molecule has 142 valence electrons. The SMILES string of the molecule is CCC(C)N(CC(=O)O)C(=O)C(C)c1c(C)nn(CC(F)(F)F)c1C. The maximum Gasteiger partial charge on any atom is 0.408 e. The number of aromatic nitrogens is 2. The van der Waals surface area contributed by atoms with Gasteiger partial charge in [-0.2, -0.15) is 18.3 Å². The van der Waals surface area contributed by atoms with Crippen LogP contribution in [0.25, 0.3) is 0 Å². The van der Waals surface area contributed by atoms with Crippen molar-refractivity contribution in [3.8, 4) is 0 Å². The van der Waals surface area contributed by atoms with Crippen molar-refractivity contribution in [1.82, 2.24) is 14.7 Å². The highest BCUT2D eigenvalue weighted by Crippen LogP contribution is 2.28. The number of amides is 1. The first-order valence-electron chi connectivity index (χ1n) is 8.01. The fourth-order valence-electron chi connectivity index (χ4n) is 2.85. The largest absolute Gasteiger partial charge is 0.480 e. The van der Waals surface area contributed by atoms with Crippen LogP contribution in [0.2, 0.25) is 0 Å². The molecule has 1 aromatic heterocycles. The molecule has 0 aliphatic rings. The van der Waals surface area contributed by atoms with Crippen LogP contribution in [0.5, 0.6) is 0 Å². The second kappa shape index (κ2) is 7.88. The molecule has 0 saturated heterocycles. The third-order valence-corrected chi connectivity index (χ3v) is 4.28. The average molecular weight is 363 g/mol. The van der Waals surface area contributed by atoms with Crippen LogP contribution >= 0.6 is 0 Å². The zero-order valence-electron chi connectivity index (χ0n) is 15.0. The topological polar surface area (TPSA) is 75.4 Å². The van der Waals surface area contributed by atoms with Crippen LogP contribution in [0.3, 0.4) is 0 Å². The van der Waals surface area contributed by atoms with Gasteiger partial charge in [0, 0.05) is 17.3 Å². The number of rotatable bonds is 7. The highest BCUT2D eigenvalue weighted by Gasteiger charge is 2.33. The molecule has 0 aliphatic carbocycles. The van der Waals surface area contributed by atoms with Crippen LogP contribution in [-0.4, -0.2) is 50.4 Å². The van der Waals surface area contributed by atoms with Crippen molar-refractivity contribution in [3.05, 3.63) is 17.0 Å². The molecule has 0 aromatic carbocycles. The van der Waals surface area contributed by atoms with Gasteiger partial charge >= 0.3 is 12.1 Å². The van der Waals surface area contributed by atoms with E-state index in [0.29, 0.717) is 17.7 Å². The van der Waals surface area contributed by atoms with E-state index in [1.165, 1.54) is 11.8 Å². The highest BCUT2D eigenvalue weighted by atomic mass is 19.4. The molecular formula is C16H24F3N3O3. The number of halogens is 3. The van der Waals surface area contributed by atoms with Crippen molar-refractivity contribution >= 4 is 11.9 Å². The number of aryl methyl sites for hydroxylation is 1. The molecule has 1 N–H and O–H groups in total. The molecule has 2 unspecified atom stereocenters. The summed E-state index contributed by atoms with van der Waals surface area (Å²) in [5.41, 5.74) is 1.00. The van der Waals surface area contributed by atoms with E-state index in [0.717, 1.165) is 4.68 Å². The minimum absolute atomic E-state index is 0.259. The monoisotopic (exact) mass is 363 g/mol. The van der Waals surface area contributed by atoms with E-state index in [2.05, 4.69) is 5.10 Å². The van der Waals surface area contributed by atoms with Crippen LogP contribution < -0.4 is 0 Å². The molecule has 0 saturated carbocycles. The quantitative estimate of drug-likeness (QED) is 0.808. The third-order valence-electron chi connectivity index (χ3n) is 4.28. The molecule has 9 heteroatoms. The van der Waals surface area contributed by atoms with Gasteiger partial charge in [-0.15, -0.1) is 0 Å². The predicted octanol–water partition coefficient (Wildman–Crippen LogP) is 2.88. The normalized spacial score (nSPS) is 14.2. The van der Waals surface area contributed by atoms with E-state index in [1.807, 2.05) is 6.92 Å². The zero-order valence-corrected chi connectivity index (χ0v) is 15.0. The van der Waals surface area contributed by atoms with Gasteiger partial charge in [0.25, 0.3) is 0 Å². The average Bonchev–Trinajstić information content (AvgIpc) is 2.74. The summed E-state index contributed by atoms with van der Waals surface area (Å²) < 4.78 is 38.8. The van der Waals surface area contributed by atoms with Crippen LogP contribution in [0, 0.1) is 13.8 Å². The Morgan fingerprint density at radius 2 is 1.84 bits per heavy atom. The number of hydrogen-bond donors (Lipinski definition) is 1. The first-order chi connectivity index (χ1) is 11.4. The number of carboxylic acids is 1. The lowest BCUT2D eigenvalue weighted by Gasteiger charge is -2.29. The summed E-state index contributed by atoms with van der Waals surface area (Å²) in [7, 11) is 0. The van der Waals surface area contributed by atoms with E-state index >= 15 is 0 Å². The van der Waals surface area contributed by atoms with E-state index in [1.54, 1.807) is 20.8 Å². The standard InChI is InChI=1S/C16H24F3N3O3/c1-6-9(2)21(7-13(23)24)15(25)10(3)14-11(4)20-22(12(14)5)8-16(17,18)19/h9-10H,6-8H2,1-5H3,(H,23,24). The van der Waals surface area contributed by atoms with Gasteiger partial charge in [0.2, 0.25) is 5.91 Å². The number of nitrogens with zero attached hydrogens (tertiary/aromatic N) is 3. The first-order valence-corrected chi connectivity index (χ1v) is 8.01. The van der Waals surface area contributed by atoms with Crippen LogP contribution in [0.1, 0.15) is 50.1 Å². The van der Waals surface area contributed by atoms with E-state index in [-0.39, 0.29) is 11.7 Å². The molecule has 2 atom stereocenters. The second-order valence-corrected chi connectivity index (χ2v) is 6.20. The van der Waals surface area contributed by atoms with Crippen molar-refractivity contribution in [2.75, 3.05) is 6.54 Å². The van der Waals surface area contributed by atoms with E-state index in [4.69, 9.17) is 5.11 Å². The van der Waals surface area contributed by atoms with E-state index in [9.17, 15) is 22.8 Å². The van der Waals surface area contributed by atoms with E-state index < -0.39 is 37.1 Å². The van der Waals surface area contributed by atoms with Crippen molar-refractivity contribution < 1.29 is 27.9 Å². The smallest absolute Gasteiger partial charge is 0.408 e. The van der Waals surface area contributed by atoms with Gasteiger partial charge in [-0.1, -0.05) is 6.92 Å². The second-order valence-electron chi connectivity index (χ2n) is 6.20. The van der Waals surface area contributed by atoms with Gasteiger partial charge < -0.3 is 10.0 Å². The molecule has 1 rings (SSSR count). The molecule has 0 radical (unpaired) electrons. The van der Waals surface area contributed by atoms with Gasteiger partial charge in [-0.05, 0) is 34.1 Å². The Bertz CT molecular complexity index is 641. The number of hydrogen-bond acceptors (Lipinski definition) is 3. The Morgan fingerprint density at radius 3 is 2.28 bits per heavy atom. The Hall–Kier alpha value is -2.06. The summed E-state index contributed by atoms with van der Waals surface area (Å²) in [6.07, 6.45) is -3.85. The van der Waals surface area contributed by atoms with Crippen molar-refractivity contribution in [1.29, 1.82) is 0 Å². The van der Waals surface area contributed by atoms with Crippen LogP contribution in [0.4, 0.5) is 13.2 Å². The molecule has 25 heavy (non-hydrogen) atoms. The third kappa shape index (κ3) is 5.20. The van der Waals surface area contributed by atoms with Crippen LogP contribution in [0.15, 0.2) is 0 Å². The molecule has 1 amide bonds. The summed E-state index contributed by atoms with van der Waals surface area (Å²) >= 11 is 0. The molecule has 0 aliphatic heterocycles. The zero-order chi connectivity index (χ0) is 19.5. The summed E-state index contributed by atoms with van der Waals surface area (Å²) in [4.78, 5) is 25.1. The minimum atomic E-state index is -4.42. The fourth-order valence-corrected chi connectivity index (χ4v) is 2.85. The first kappa shape index (κ1) is 21.0. The van der Waals surface area contributed by atoms with Crippen molar-refractivity contribution in [2.24, 2.45) is 0 Å². The van der Waals surface area contributed by atoms with Gasteiger partial charge in [0.05, 0.1) is 11.6 Å². The van der Waals surface area contributed by atoms with Gasteiger partial charge in [0.1, 0.15) is 13.1 Å². The highest BCUT2D eigenvalue weighted by molar-refractivity contribution is 5.87. The summed E-state index contributed by atoms with van der Waals surface area (Å²) in [5.74, 6) is -2.35. The Kier molecular flexibility index (Phi) is 6.61. The molecular weight excluding hydrogens is 339 g/mol. The molecule has 0 fully saturated rings. The van der Waals surface area contributed by atoms with Gasteiger partial charge in [0.15, 0.2) is 0 Å². The maximum absolute atomic E-state index is 12.8. The predicted molar refractivity (Wildman–Crippen MR) is 85.3 cm³/mol. The number of carboxylic acid groups (broad SMARTS) is 1. The Morgan fingerprint density at radius 1 is 1.28 bits per heavy atom. The summed E-state index contributed by atoms with van der Waals surface area (Å²) in [5, 5.41) is 12.9. The summed E-state index contributed by atoms with van der Waals surface area (Å²) in [6, 6.07) is -0.295. The number of carbonyl (C=O) groups excluding carboxylic acids is 1. The fraction of sp³-hybridized carbons (Fsp3) is 0.688. The number of alkyl halides is 3. The minimum Gasteiger partial charge on any atom is -0.480 e. The molecule has 1 aromatic rings. The number of carbonyl (C=O) groups is 2. The van der Waals surface area contributed by atoms with Crippen LogP contribution in [-0.2, 0) is 16.1 Å². The van der Waals surface area contributed by atoms with Gasteiger partial charge in [-0.25, -0.2) is 0 Å².